The second-order valence-corrected chi connectivity index (χ2v) is 5.38. The SMILES string of the molecule is Cc1ccnc(NC(=S)c2nc3ccccc3c(=O)[nH]2)c1[N+](=O)[O-]. The summed E-state index contributed by atoms with van der Waals surface area (Å²) < 4.78 is 0. The molecule has 0 unspecified atom stereocenters. The third-order valence-corrected chi connectivity index (χ3v) is 3.66. The van der Waals surface area contributed by atoms with Crippen LogP contribution in [0.3, 0.4) is 0 Å². The first-order chi connectivity index (χ1) is 11.5. The van der Waals surface area contributed by atoms with Gasteiger partial charge in [-0.05, 0) is 25.1 Å². The highest BCUT2D eigenvalue weighted by Crippen LogP contribution is 2.25. The zero-order valence-electron chi connectivity index (χ0n) is 12.4. The summed E-state index contributed by atoms with van der Waals surface area (Å²) >= 11 is 5.21. The molecule has 8 nitrogen and oxygen atoms in total. The van der Waals surface area contributed by atoms with E-state index in [0.29, 0.717) is 16.5 Å². The van der Waals surface area contributed by atoms with Crippen LogP contribution < -0.4 is 10.9 Å². The molecule has 0 spiro atoms. The Balaban J connectivity index is 2.01. The molecule has 1 aromatic carbocycles. The van der Waals surface area contributed by atoms with E-state index in [0.717, 1.165) is 0 Å². The quantitative estimate of drug-likeness (QED) is 0.427. The van der Waals surface area contributed by atoms with E-state index in [2.05, 4.69) is 20.3 Å². The van der Waals surface area contributed by atoms with Gasteiger partial charge in [-0.3, -0.25) is 14.9 Å². The molecule has 0 saturated heterocycles. The van der Waals surface area contributed by atoms with Crippen LogP contribution in [-0.2, 0) is 0 Å². The molecule has 0 aliphatic heterocycles. The Morgan fingerprint density at radius 1 is 1.33 bits per heavy atom. The minimum atomic E-state index is -0.538. The van der Waals surface area contributed by atoms with Crippen LogP contribution >= 0.6 is 12.2 Å². The second kappa shape index (κ2) is 6.13. The molecule has 120 valence electrons. The molecule has 0 aliphatic rings. The zero-order valence-corrected chi connectivity index (χ0v) is 13.3. The van der Waals surface area contributed by atoms with Gasteiger partial charge in [-0.25, -0.2) is 9.97 Å². The van der Waals surface area contributed by atoms with E-state index >= 15 is 0 Å². The minimum absolute atomic E-state index is 0.000748. The predicted octanol–water partition coefficient (Wildman–Crippen LogP) is 2.32. The van der Waals surface area contributed by atoms with Gasteiger partial charge in [-0.1, -0.05) is 24.4 Å². The van der Waals surface area contributed by atoms with Gasteiger partial charge in [0.1, 0.15) is 4.99 Å². The molecule has 3 aromatic rings. The van der Waals surface area contributed by atoms with Crippen molar-refractivity contribution in [1.29, 1.82) is 0 Å². The van der Waals surface area contributed by atoms with Gasteiger partial charge in [0.2, 0.25) is 5.82 Å². The largest absolute Gasteiger partial charge is 0.322 e. The highest BCUT2D eigenvalue weighted by Gasteiger charge is 2.20. The first-order valence-corrected chi connectivity index (χ1v) is 7.28. The van der Waals surface area contributed by atoms with E-state index in [1.807, 2.05) is 0 Å². The average molecular weight is 341 g/mol. The molecule has 0 aliphatic carbocycles. The van der Waals surface area contributed by atoms with Gasteiger partial charge in [0.15, 0.2) is 5.82 Å². The fourth-order valence-electron chi connectivity index (χ4n) is 2.23. The standard InChI is InChI=1S/C15H11N5O3S/c1-8-6-7-16-12(11(8)20(22)23)19-15(24)13-17-10-5-3-2-4-9(10)14(21)18-13/h2-7H,1H3,(H,16,19,24)(H,17,18,21). The fraction of sp³-hybridized carbons (Fsp3) is 0.0667. The number of para-hydroxylation sites is 1. The van der Waals surface area contributed by atoms with Crippen molar-refractivity contribution < 1.29 is 4.92 Å². The van der Waals surface area contributed by atoms with Crippen LogP contribution in [0.4, 0.5) is 11.5 Å². The number of nitrogens with zero attached hydrogens (tertiary/aromatic N) is 3. The minimum Gasteiger partial charge on any atom is -0.322 e. The number of aromatic nitrogens is 3. The van der Waals surface area contributed by atoms with Crippen molar-refractivity contribution in [3.63, 3.8) is 0 Å². The number of pyridine rings is 1. The van der Waals surface area contributed by atoms with Crippen molar-refractivity contribution in [2.24, 2.45) is 0 Å². The molecule has 2 N–H and O–H groups in total. The Hall–Kier alpha value is -3.20. The first kappa shape index (κ1) is 15.7. The van der Waals surface area contributed by atoms with Gasteiger partial charge >= 0.3 is 5.69 Å². The molecule has 0 atom stereocenters. The molecule has 0 saturated carbocycles. The Kier molecular flexibility index (Phi) is 4.00. The second-order valence-electron chi connectivity index (χ2n) is 4.97. The maximum Gasteiger partial charge on any atom is 0.314 e. The van der Waals surface area contributed by atoms with Crippen molar-refractivity contribution in [1.82, 2.24) is 15.0 Å². The van der Waals surface area contributed by atoms with Gasteiger partial charge in [-0.2, -0.15) is 0 Å². The fourth-order valence-corrected chi connectivity index (χ4v) is 2.43. The molecule has 3 rings (SSSR count). The number of aryl methyl sites for hydroxylation is 1. The highest BCUT2D eigenvalue weighted by atomic mass is 32.1. The lowest BCUT2D eigenvalue weighted by molar-refractivity contribution is -0.384. The van der Waals surface area contributed by atoms with E-state index < -0.39 is 4.92 Å². The van der Waals surface area contributed by atoms with Crippen LogP contribution in [0.25, 0.3) is 10.9 Å². The van der Waals surface area contributed by atoms with E-state index in [1.54, 1.807) is 31.2 Å². The van der Waals surface area contributed by atoms with Crippen LogP contribution in [0.15, 0.2) is 41.3 Å². The van der Waals surface area contributed by atoms with Crippen LogP contribution in [-0.4, -0.2) is 24.9 Å². The lowest BCUT2D eigenvalue weighted by atomic mass is 10.2. The lowest BCUT2D eigenvalue weighted by Crippen LogP contribution is -2.21. The normalized spacial score (nSPS) is 10.5. The maximum atomic E-state index is 12.1. The third-order valence-electron chi connectivity index (χ3n) is 3.37. The molecule has 0 radical (unpaired) electrons. The number of fused-ring (bicyclic) bond motifs is 1. The summed E-state index contributed by atoms with van der Waals surface area (Å²) in [6, 6.07) is 8.35. The summed E-state index contributed by atoms with van der Waals surface area (Å²) in [4.78, 5) is 33.6. The lowest BCUT2D eigenvalue weighted by Gasteiger charge is -2.08. The van der Waals surface area contributed by atoms with Crippen molar-refractivity contribution in [3.05, 3.63) is 68.4 Å². The van der Waals surface area contributed by atoms with E-state index in [1.165, 1.54) is 12.3 Å². The number of anilines is 1. The summed E-state index contributed by atoms with van der Waals surface area (Å²) in [5, 5.41) is 14.3. The number of nitrogens with one attached hydrogen (secondary N) is 2. The molecule has 0 bridgehead atoms. The molecule has 0 amide bonds. The number of hydrogen-bond acceptors (Lipinski definition) is 6. The van der Waals surface area contributed by atoms with Gasteiger partial charge in [0.25, 0.3) is 5.56 Å². The molecular formula is C15H11N5O3S. The summed E-state index contributed by atoms with van der Waals surface area (Å²) in [5.41, 5.74) is 0.404. The number of H-pyrrole nitrogens is 1. The van der Waals surface area contributed by atoms with Gasteiger partial charge in [0.05, 0.1) is 15.8 Å². The summed E-state index contributed by atoms with van der Waals surface area (Å²) in [6.07, 6.45) is 1.43. The number of thiocarbonyl (C=S) groups is 1. The van der Waals surface area contributed by atoms with E-state index in [9.17, 15) is 14.9 Å². The molecule has 9 heteroatoms. The third kappa shape index (κ3) is 2.84. The maximum absolute atomic E-state index is 12.1. The zero-order chi connectivity index (χ0) is 17.3. The number of nitro groups is 1. The molecule has 2 heterocycles. The van der Waals surface area contributed by atoms with Crippen molar-refractivity contribution in [2.45, 2.75) is 6.92 Å². The topological polar surface area (TPSA) is 114 Å². The van der Waals surface area contributed by atoms with Crippen LogP contribution in [0.2, 0.25) is 0 Å². The molecule has 24 heavy (non-hydrogen) atoms. The van der Waals surface area contributed by atoms with Gasteiger partial charge < -0.3 is 10.3 Å². The van der Waals surface area contributed by atoms with E-state index in [-0.39, 0.29) is 27.9 Å². The predicted molar refractivity (Wildman–Crippen MR) is 93.3 cm³/mol. The number of hydrogen-bond donors (Lipinski definition) is 2. The first-order valence-electron chi connectivity index (χ1n) is 6.88. The Bertz CT molecular complexity index is 1030. The van der Waals surface area contributed by atoms with E-state index in [4.69, 9.17) is 12.2 Å². The molecule has 2 aromatic heterocycles. The van der Waals surface area contributed by atoms with Crippen LogP contribution in [0, 0.1) is 17.0 Å². The average Bonchev–Trinajstić information content (AvgIpc) is 2.54. The number of benzene rings is 1. The van der Waals surface area contributed by atoms with Gasteiger partial charge in [0, 0.05) is 11.8 Å². The van der Waals surface area contributed by atoms with Gasteiger partial charge in [-0.15, -0.1) is 0 Å². The summed E-state index contributed by atoms with van der Waals surface area (Å²) in [5.74, 6) is 0.118. The smallest absolute Gasteiger partial charge is 0.314 e. The Morgan fingerprint density at radius 2 is 2.08 bits per heavy atom. The molecule has 0 fully saturated rings. The highest BCUT2D eigenvalue weighted by molar-refractivity contribution is 7.81. The van der Waals surface area contributed by atoms with Crippen LogP contribution in [0.1, 0.15) is 11.4 Å². The Morgan fingerprint density at radius 3 is 2.83 bits per heavy atom. The molecular weight excluding hydrogens is 330 g/mol. The van der Waals surface area contributed by atoms with Crippen molar-refractivity contribution in [3.8, 4) is 0 Å². The summed E-state index contributed by atoms with van der Waals surface area (Å²) in [7, 11) is 0. The summed E-state index contributed by atoms with van der Waals surface area (Å²) in [6.45, 7) is 1.60. The van der Waals surface area contributed by atoms with Crippen LogP contribution in [0.5, 0.6) is 0 Å². The Labute approximate surface area is 140 Å². The monoisotopic (exact) mass is 341 g/mol. The number of aromatic amines is 1. The van der Waals surface area contributed by atoms with Crippen molar-refractivity contribution in [2.75, 3.05) is 5.32 Å². The number of rotatable bonds is 3. The van der Waals surface area contributed by atoms with Crippen molar-refractivity contribution >= 4 is 39.6 Å².